The lowest BCUT2D eigenvalue weighted by Crippen LogP contribution is -2.18. The first kappa shape index (κ1) is 16.1. The molecule has 1 aliphatic carbocycles. The van der Waals surface area contributed by atoms with Gasteiger partial charge in [0.25, 0.3) is 0 Å². The molecule has 2 heteroatoms. The van der Waals surface area contributed by atoms with Crippen molar-refractivity contribution in [2.75, 3.05) is 5.32 Å². The Morgan fingerprint density at radius 2 is 1.62 bits per heavy atom. The first-order valence-electron chi connectivity index (χ1n) is 8.41. The molecule has 0 bridgehead atoms. The number of anilines is 1. The number of hydrogen-bond donors (Lipinski definition) is 1. The Morgan fingerprint density at radius 3 is 2.10 bits per heavy atom. The normalized spacial score (nSPS) is 15.9. The number of para-hydroxylation sites is 1. The van der Waals surface area contributed by atoms with Gasteiger partial charge in [-0.1, -0.05) is 58.7 Å². The van der Waals surface area contributed by atoms with Crippen molar-refractivity contribution >= 4 is 11.6 Å². The Hall–Kier alpha value is -1.31. The number of carbonyl (C=O) groups is 1. The second kappa shape index (κ2) is 7.11. The molecular weight excluding hydrogens is 258 g/mol. The topological polar surface area (TPSA) is 29.1 Å². The molecule has 1 saturated carbocycles. The second-order valence-electron chi connectivity index (χ2n) is 7.02. The molecule has 1 amide bonds. The van der Waals surface area contributed by atoms with E-state index in [1.165, 1.54) is 36.8 Å². The molecule has 0 aliphatic heterocycles. The maximum absolute atomic E-state index is 12.4. The Labute approximate surface area is 129 Å². The minimum Gasteiger partial charge on any atom is -0.326 e. The molecule has 1 aromatic rings. The van der Waals surface area contributed by atoms with Crippen LogP contribution in [0.3, 0.4) is 0 Å². The fraction of sp³-hybridized carbons (Fsp3) is 0.632. The van der Waals surface area contributed by atoms with Crippen molar-refractivity contribution in [3.8, 4) is 0 Å². The van der Waals surface area contributed by atoms with Gasteiger partial charge in [0.05, 0.1) is 0 Å². The van der Waals surface area contributed by atoms with E-state index >= 15 is 0 Å². The molecule has 0 atom stereocenters. The lowest BCUT2D eigenvalue weighted by atomic mass is 9.92. The van der Waals surface area contributed by atoms with Gasteiger partial charge in [0, 0.05) is 12.1 Å². The maximum atomic E-state index is 12.4. The van der Waals surface area contributed by atoms with Crippen molar-refractivity contribution < 1.29 is 4.79 Å². The summed E-state index contributed by atoms with van der Waals surface area (Å²) in [6.45, 7) is 8.75. The van der Waals surface area contributed by atoms with E-state index in [9.17, 15) is 4.79 Å². The molecule has 0 heterocycles. The van der Waals surface area contributed by atoms with Crippen molar-refractivity contribution in [2.24, 2.45) is 5.92 Å². The van der Waals surface area contributed by atoms with E-state index in [2.05, 4.69) is 51.2 Å². The quantitative estimate of drug-likeness (QED) is 0.766. The Morgan fingerprint density at radius 1 is 1.10 bits per heavy atom. The summed E-state index contributed by atoms with van der Waals surface area (Å²) in [5, 5.41) is 3.23. The molecule has 1 aromatic carbocycles. The molecule has 1 aliphatic rings. The lowest BCUT2D eigenvalue weighted by molar-refractivity contribution is -0.117. The highest BCUT2D eigenvalue weighted by atomic mass is 16.1. The van der Waals surface area contributed by atoms with Gasteiger partial charge in [0.2, 0.25) is 5.91 Å². The van der Waals surface area contributed by atoms with Crippen LogP contribution in [0.4, 0.5) is 5.69 Å². The third-order valence-electron chi connectivity index (χ3n) is 4.59. The largest absolute Gasteiger partial charge is 0.326 e. The molecule has 1 N–H and O–H groups in total. The average molecular weight is 287 g/mol. The van der Waals surface area contributed by atoms with Crippen LogP contribution in [0.15, 0.2) is 18.2 Å². The lowest BCUT2D eigenvalue weighted by Gasteiger charge is -2.20. The third-order valence-corrected chi connectivity index (χ3v) is 4.59. The van der Waals surface area contributed by atoms with Crippen LogP contribution in [0.25, 0.3) is 0 Å². The number of nitrogens with one attached hydrogen (secondary N) is 1. The summed E-state index contributed by atoms with van der Waals surface area (Å²) >= 11 is 0. The molecule has 0 spiro atoms. The second-order valence-corrected chi connectivity index (χ2v) is 7.02. The summed E-state index contributed by atoms with van der Waals surface area (Å²) in [5.41, 5.74) is 3.56. The predicted octanol–water partition coefficient (Wildman–Crippen LogP) is 5.45. The van der Waals surface area contributed by atoms with Crippen LogP contribution in [-0.4, -0.2) is 5.91 Å². The standard InChI is InChI=1S/C19H29NO/c1-13(2)16-10-7-11-17(14(3)4)19(16)20-18(21)12-15-8-5-6-9-15/h7,10-11,13-15H,5-6,8-9,12H2,1-4H3,(H,20,21). The molecule has 21 heavy (non-hydrogen) atoms. The highest BCUT2D eigenvalue weighted by Gasteiger charge is 2.20. The van der Waals surface area contributed by atoms with Crippen LogP contribution < -0.4 is 5.32 Å². The minimum atomic E-state index is 0.192. The summed E-state index contributed by atoms with van der Waals surface area (Å²) in [5.74, 6) is 1.63. The molecule has 1 fully saturated rings. The zero-order chi connectivity index (χ0) is 15.4. The highest BCUT2D eigenvalue weighted by Crippen LogP contribution is 2.33. The zero-order valence-electron chi connectivity index (χ0n) is 13.9. The summed E-state index contributed by atoms with van der Waals surface area (Å²) < 4.78 is 0. The molecular formula is C19H29NO. The number of benzene rings is 1. The van der Waals surface area contributed by atoms with Crippen molar-refractivity contribution in [3.63, 3.8) is 0 Å². The average Bonchev–Trinajstić information content (AvgIpc) is 2.91. The van der Waals surface area contributed by atoms with Gasteiger partial charge in [-0.05, 0) is 41.7 Å². The van der Waals surface area contributed by atoms with Gasteiger partial charge in [-0.15, -0.1) is 0 Å². The fourth-order valence-corrected chi connectivity index (χ4v) is 3.36. The van der Waals surface area contributed by atoms with Crippen LogP contribution in [0.2, 0.25) is 0 Å². The van der Waals surface area contributed by atoms with E-state index in [0.29, 0.717) is 24.2 Å². The molecule has 0 saturated heterocycles. The number of rotatable bonds is 5. The third kappa shape index (κ3) is 4.09. The van der Waals surface area contributed by atoms with Crippen LogP contribution in [0.1, 0.15) is 82.8 Å². The van der Waals surface area contributed by atoms with E-state index in [0.717, 1.165) is 5.69 Å². The summed E-state index contributed by atoms with van der Waals surface area (Å²) in [4.78, 5) is 12.4. The van der Waals surface area contributed by atoms with Crippen molar-refractivity contribution in [3.05, 3.63) is 29.3 Å². The van der Waals surface area contributed by atoms with E-state index in [1.54, 1.807) is 0 Å². The molecule has 0 aromatic heterocycles. The number of carbonyl (C=O) groups excluding carboxylic acids is 1. The molecule has 0 unspecified atom stereocenters. The predicted molar refractivity (Wildman–Crippen MR) is 89.8 cm³/mol. The van der Waals surface area contributed by atoms with Gasteiger partial charge in [-0.3, -0.25) is 4.79 Å². The Kier molecular flexibility index (Phi) is 5.44. The number of hydrogen-bond acceptors (Lipinski definition) is 1. The molecule has 2 rings (SSSR count). The maximum Gasteiger partial charge on any atom is 0.224 e. The Bertz CT molecular complexity index is 458. The Balaban J connectivity index is 2.18. The fourth-order valence-electron chi connectivity index (χ4n) is 3.36. The van der Waals surface area contributed by atoms with Gasteiger partial charge < -0.3 is 5.32 Å². The molecule has 0 radical (unpaired) electrons. The molecule has 2 nitrogen and oxygen atoms in total. The van der Waals surface area contributed by atoms with Gasteiger partial charge in [0.1, 0.15) is 0 Å². The molecule has 116 valence electrons. The van der Waals surface area contributed by atoms with E-state index in [-0.39, 0.29) is 5.91 Å². The summed E-state index contributed by atoms with van der Waals surface area (Å²) in [6, 6.07) is 6.39. The van der Waals surface area contributed by atoms with E-state index in [1.807, 2.05) is 0 Å². The van der Waals surface area contributed by atoms with Crippen molar-refractivity contribution in [2.45, 2.75) is 71.6 Å². The summed E-state index contributed by atoms with van der Waals surface area (Å²) in [6.07, 6.45) is 5.70. The van der Waals surface area contributed by atoms with Gasteiger partial charge in [0.15, 0.2) is 0 Å². The first-order chi connectivity index (χ1) is 9.99. The van der Waals surface area contributed by atoms with E-state index < -0.39 is 0 Å². The van der Waals surface area contributed by atoms with Crippen LogP contribution in [0, 0.1) is 5.92 Å². The first-order valence-corrected chi connectivity index (χ1v) is 8.41. The van der Waals surface area contributed by atoms with Gasteiger partial charge in [-0.2, -0.15) is 0 Å². The van der Waals surface area contributed by atoms with Gasteiger partial charge in [-0.25, -0.2) is 0 Å². The zero-order valence-corrected chi connectivity index (χ0v) is 13.9. The van der Waals surface area contributed by atoms with Gasteiger partial charge >= 0.3 is 0 Å². The smallest absolute Gasteiger partial charge is 0.224 e. The van der Waals surface area contributed by atoms with Crippen LogP contribution in [0.5, 0.6) is 0 Å². The SMILES string of the molecule is CC(C)c1cccc(C(C)C)c1NC(=O)CC1CCCC1. The van der Waals surface area contributed by atoms with Crippen LogP contribution in [-0.2, 0) is 4.79 Å². The summed E-state index contributed by atoms with van der Waals surface area (Å²) in [7, 11) is 0. The van der Waals surface area contributed by atoms with Crippen LogP contribution >= 0.6 is 0 Å². The van der Waals surface area contributed by atoms with Crippen molar-refractivity contribution in [1.82, 2.24) is 0 Å². The monoisotopic (exact) mass is 287 g/mol. The van der Waals surface area contributed by atoms with E-state index in [4.69, 9.17) is 0 Å². The van der Waals surface area contributed by atoms with Crippen molar-refractivity contribution in [1.29, 1.82) is 0 Å². The minimum absolute atomic E-state index is 0.192. The highest BCUT2D eigenvalue weighted by molar-refractivity contribution is 5.92. The number of amides is 1.